The van der Waals surface area contributed by atoms with Crippen LogP contribution in [-0.2, 0) is 0 Å². The molecule has 0 aliphatic heterocycles. The van der Waals surface area contributed by atoms with Crippen molar-refractivity contribution in [2.24, 2.45) is 23.2 Å². The molecule has 0 saturated heterocycles. The van der Waals surface area contributed by atoms with Gasteiger partial charge in [-0.1, -0.05) is 26.8 Å². The van der Waals surface area contributed by atoms with Crippen LogP contribution in [0, 0.1) is 23.2 Å². The molecule has 3 aliphatic carbocycles. The number of alkyl halides is 1. The van der Waals surface area contributed by atoms with E-state index in [0.717, 1.165) is 21.1 Å². The monoisotopic (exact) mass is 361 g/mol. The quantitative estimate of drug-likeness (QED) is 0.839. The topological polar surface area (TPSA) is 42.4 Å². The molecule has 25 heavy (non-hydrogen) atoms. The number of aliphatic hydroxyl groups is 1. The third-order valence-corrected chi connectivity index (χ3v) is 7.09. The highest BCUT2D eigenvalue weighted by Gasteiger charge is 2.54. The summed E-state index contributed by atoms with van der Waals surface area (Å²) in [5.41, 5.74) is 2.72. The van der Waals surface area contributed by atoms with E-state index in [9.17, 15) is 9.50 Å². The average Bonchev–Trinajstić information content (AvgIpc) is 3.01. The van der Waals surface area contributed by atoms with Crippen LogP contribution < -0.4 is 4.74 Å². The largest absolute Gasteiger partial charge is 0.491 e. The van der Waals surface area contributed by atoms with Crippen LogP contribution in [-0.4, -0.2) is 29.5 Å². The summed E-state index contributed by atoms with van der Waals surface area (Å²) in [5, 5.41) is 10.4. The Labute approximate surface area is 151 Å². The molecule has 5 rings (SSSR count). The van der Waals surface area contributed by atoms with Crippen LogP contribution in [0.3, 0.4) is 0 Å². The van der Waals surface area contributed by atoms with Gasteiger partial charge in [-0.25, -0.2) is 9.37 Å². The van der Waals surface area contributed by atoms with Crippen molar-refractivity contribution < 1.29 is 14.2 Å². The van der Waals surface area contributed by atoms with E-state index in [4.69, 9.17) is 9.72 Å². The Morgan fingerprint density at radius 2 is 2.24 bits per heavy atom. The number of nitrogens with zero attached hydrogens (tertiary/aromatic N) is 1. The summed E-state index contributed by atoms with van der Waals surface area (Å²) >= 11 is 1.69. The Balaban J connectivity index is 1.61. The lowest BCUT2D eigenvalue weighted by Gasteiger charge is -2.58. The SMILES string of the molecule is CC1C=C(c2nc3ccc(OCC(O)CF)cc3s2)C2CC1C2(C)C. The van der Waals surface area contributed by atoms with Crippen LogP contribution in [0.2, 0.25) is 0 Å². The van der Waals surface area contributed by atoms with Crippen molar-refractivity contribution in [1.82, 2.24) is 4.98 Å². The lowest BCUT2D eigenvalue weighted by molar-refractivity contribution is -0.0180. The van der Waals surface area contributed by atoms with Crippen molar-refractivity contribution >= 4 is 27.1 Å². The number of thiazole rings is 1. The van der Waals surface area contributed by atoms with E-state index in [1.165, 1.54) is 12.0 Å². The zero-order valence-corrected chi connectivity index (χ0v) is 15.6. The van der Waals surface area contributed by atoms with Crippen LogP contribution in [0.15, 0.2) is 24.3 Å². The molecule has 0 spiro atoms. The van der Waals surface area contributed by atoms with Crippen molar-refractivity contribution in [1.29, 1.82) is 0 Å². The van der Waals surface area contributed by atoms with Gasteiger partial charge in [0.05, 0.1) is 10.2 Å². The summed E-state index contributed by atoms with van der Waals surface area (Å²) in [6.45, 7) is 6.25. The first-order valence-electron chi connectivity index (χ1n) is 8.89. The van der Waals surface area contributed by atoms with Gasteiger partial charge in [-0.15, -0.1) is 11.3 Å². The average molecular weight is 361 g/mol. The van der Waals surface area contributed by atoms with Gasteiger partial charge in [0.1, 0.15) is 30.1 Å². The molecule has 3 nitrogen and oxygen atoms in total. The van der Waals surface area contributed by atoms with Crippen LogP contribution in [0.4, 0.5) is 4.39 Å². The highest BCUT2D eigenvalue weighted by molar-refractivity contribution is 7.19. The molecule has 1 aromatic carbocycles. The third-order valence-electron chi connectivity index (χ3n) is 6.02. The molecule has 2 aromatic rings. The second-order valence-corrected chi connectivity index (χ2v) is 9.00. The highest BCUT2D eigenvalue weighted by Crippen LogP contribution is 2.63. The Morgan fingerprint density at radius 3 is 2.92 bits per heavy atom. The molecular formula is C20H24FNO2S. The number of fused-ring (bicyclic) bond motifs is 2. The van der Waals surface area contributed by atoms with Gasteiger partial charge in [0.15, 0.2) is 0 Å². The fourth-order valence-corrected chi connectivity index (χ4v) is 5.54. The Bertz CT molecular complexity index is 828. The fraction of sp³-hybridized carbons (Fsp3) is 0.550. The van der Waals surface area contributed by atoms with Crippen molar-refractivity contribution in [3.63, 3.8) is 0 Å². The predicted octanol–water partition coefficient (Wildman–Crippen LogP) is 4.70. The number of allylic oxidation sites excluding steroid dienone is 2. The predicted molar refractivity (Wildman–Crippen MR) is 99.6 cm³/mol. The first-order valence-corrected chi connectivity index (χ1v) is 9.71. The van der Waals surface area contributed by atoms with Gasteiger partial charge in [0.25, 0.3) is 0 Å². The number of aliphatic hydroxyl groups excluding tert-OH is 1. The Hall–Kier alpha value is -1.46. The first kappa shape index (κ1) is 17.0. The summed E-state index contributed by atoms with van der Waals surface area (Å²) < 4.78 is 18.9. The maximum Gasteiger partial charge on any atom is 0.121 e. The minimum atomic E-state index is -1.07. The van der Waals surface area contributed by atoms with Crippen molar-refractivity contribution in [2.75, 3.05) is 13.3 Å². The standard InChI is InChI=1S/C20H24FNO2S/c1-11-6-14(16-8-15(11)20(16,2)3)19-22-17-5-4-13(7-18(17)25-19)24-10-12(23)9-21/h4-7,11-12,15-16,23H,8-10H2,1-3H3. The highest BCUT2D eigenvalue weighted by atomic mass is 32.1. The maximum absolute atomic E-state index is 12.3. The van der Waals surface area contributed by atoms with Gasteiger partial charge in [-0.05, 0) is 53.4 Å². The van der Waals surface area contributed by atoms with Crippen molar-refractivity contribution in [3.05, 3.63) is 29.3 Å². The molecule has 3 aliphatic rings. The summed E-state index contributed by atoms with van der Waals surface area (Å²) in [6.07, 6.45) is 2.61. The van der Waals surface area contributed by atoms with Gasteiger partial charge in [0.2, 0.25) is 0 Å². The molecule has 1 aromatic heterocycles. The molecule has 1 saturated carbocycles. The molecule has 5 heteroatoms. The zero-order valence-electron chi connectivity index (χ0n) is 14.8. The number of hydrogen-bond donors (Lipinski definition) is 1. The number of halogens is 1. The van der Waals surface area contributed by atoms with E-state index in [-0.39, 0.29) is 6.61 Å². The first-order chi connectivity index (χ1) is 11.9. The van der Waals surface area contributed by atoms with Crippen LogP contribution >= 0.6 is 11.3 Å². The molecule has 1 N–H and O–H groups in total. The molecular weight excluding hydrogens is 337 g/mol. The van der Waals surface area contributed by atoms with Crippen molar-refractivity contribution in [2.45, 2.75) is 33.3 Å². The second kappa shape index (κ2) is 6.06. The normalized spacial score (nSPS) is 28.4. The van der Waals surface area contributed by atoms with E-state index in [1.807, 2.05) is 18.2 Å². The summed E-state index contributed by atoms with van der Waals surface area (Å²) in [4.78, 5) is 4.85. The number of hydrogen-bond acceptors (Lipinski definition) is 4. The lowest BCUT2D eigenvalue weighted by atomic mass is 9.46. The van der Waals surface area contributed by atoms with E-state index in [0.29, 0.717) is 23.0 Å². The molecule has 0 radical (unpaired) electrons. The van der Waals surface area contributed by atoms with Gasteiger partial charge < -0.3 is 9.84 Å². The molecule has 4 unspecified atom stereocenters. The number of aromatic nitrogens is 1. The number of rotatable bonds is 5. The third kappa shape index (κ3) is 2.77. The van der Waals surface area contributed by atoms with Gasteiger partial charge in [-0.3, -0.25) is 0 Å². The van der Waals surface area contributed by atoms with E-state index in [2.05, 4.69) is 26.8 Å². The van der Waals surface area contributed by atoms with E-state index >= 15 is 0 Å². The van der Waals surface area contributed by atoms with E-state index in [1.54, 1.807) is 11.3 Å². The summed E-state index contributed by atoms with van der Waals surface area (Å²) in [7, 11) is 0. The lowest BCUT2D eigenvalue weighted by Crippen LogP contribution is -2.50. The van der Waals surface area contributed by atoms with Crippen LogP contribution in [0.25, 0.3) is 15.8 Å². The smallest absolute Gasteiger partial charge is 0.121 e. The van der Waals surface area contributed by atoms with Gasteiger partial charge in [0, 0.05) is 0 Å². The van der Waals surface area contributed by atoms with E-state index < -0.39 is 12.8 Å². The maximum atomic E-state index is 12.3. The molecule has 134 valence electrons. The summed E-state index contributed by atoms with van der Waals surface area (Å²) in [5.74, 6) is 2.63. The molecule has 2 bridgehead atoms. The Morgan fingerprint density at radius 1 is 1.44 bits per heavy atom. The molecule has 4 atom stereocenters. The molecule has 1 heterocycles. The minimum Gasteiger partial charge on any atom is -0.491 e. The Kier molecular flexibility index (Phi) is 4.12. The second-order valence-electron chi connectivity index (χ2n) is 7.96. The number of ether oxygens (including phenoxy) is 1. The van der Waals surface area contributed by atoms with Crippen LogP contribution in [0.5, 0.6) is 5.75 Å². The van der Waals surface area contributed by atoms with Crippen molar-refractivity contribution in [3.8, 4) is 5.75 Å². The number of benzene rings is 1. The fourth-order valence-electron chi connectivity index (χ4n) is 4.47. The zero-order chi connectivity index (χ0) is 17.8. The molecule has 0 amide bonds. The minimum absolute atomic E-state index is 0.0337. The van der Waals surface area contributed by atoms with Crippen LogP contribution in [0.1, 0.15) is 32.2 Å². The summed E-state index contributed by atoms with van der Waals surface area (Å²) in [6, 6.07) is 5.70. The van der Waals surface area contributed by atoms with Gasteiger partial charge >= 0.3 is 0 Å². The molecule has 1 fully saturated rings. The van der Waals surface area contributed by atoms with Gasteiger partial charge in [-0.2, -0.15) is 0 Å².